The number of fused-ring (bicyclic) bond motifs is 3. The Labute approximate surface area is 779 Å². The third-order valence-electron chi connectivity index (χ3n) is 22.0. The second-order valence-corrected chi connectivity index (χ2v) is 39.9. The fourth-order valence-electron chi connectivity index (χ4n) is 14.4. The monoisotopic (exact) mass is 2010 g/mol. The molecule has 18 rings (SSSR count). The number of aromatic nitrogens is 9. The molecule has 17 aromatic rings. The van der Waals surface area contributed by atoms with Gasteiger partial charge in [0.05, 0.1) is 75.9 Å². The first-order valence-corrected chi connectivity index (χ1v) is 47.2. The average molecular weight is 2010 g/mol. The lowest BCUT2D eigenvalue weighted by Crippen LogP contribution is -2.41. The number of ketones is 3. The van der Waals surface area contributed by atoms with E-state index in [0.29, 0.717) is 71.8 Å². The van der Waals surface area contributed by atoms with E-state index in [2.05, 4.69) is 19.9 Å². The minimum absolute atomic E-state index is 0.0186. The lowest BCUT2D eigenvalue weighted by atomic mass is 9.88. The van der Waals surface area contributed by atoms with Gasteiger partial charge in [-0.15, -0.1) is 34.0 Å². The number of benzene rings is 5. The van der Waals surface area contributed by atoms with Crippen molar-refractivity contribution >= 4 is 139 Å². The van der Waals surface area contributed by atoms with E-state index in [9.17, 15) is 85.1 Å². The third-order valence-corrected chi connectivity index (χ3v) is 29.7. The summed E-state index contributed by atoms with van der Waals surface area (Å²) in [6.45, 7) is 8.02. The molecular weight excluding hydrogens is 1940 g/mol. The van der Waals surface area contributed by atoms with Crippen LogP contribution in [0, 0.1) is 55.9 Å². The van der Waals surface area contributed by atoms with Gasteiger partial charge in [0.1, 0.15) is 23.1 Å². The van der Waals surface area contributed by atoms with Gasteiger partial charge in [0.2, 0.25) is 0 Å². The average Bonchev–Trinajstić information content (AvgIpc) is 1.61. The van der Waals surface area contributed by atoms with Crippen LogP contribution in [0.5, 0.6) is 0 Å². The first-order valence-electron chi connectivity index (χ1n) is 40.8. The molecule has 5 aromatic carbocycles. The van der Waals surface area contributed by atoms with Crippen molar-refractivity contribution in [1.82, 2.24) is 41.6 Å². The van der Waals surface area contributed by atoms with Crippen LogP contribution in [0.4, 0.5) is 39.5 Å². The Morgan fingerprint density at radius 3 is 1.23 bits per heavy atom. The largest absolute Gasteiger partial charge is 0.505 e. The third kappa shape index (κ3) is 21.3. The van der Waals surface area contributed by atoms with E-state index < -0.39 is 107 Å². The van der Waals surface area contributed by atoms with Crippen LogP contribution in [0.2, 0.25) is 0 Å². The van der Waals surface area contributed by atoms with Crippen molar-refractivity contribution in [2.75, 3.05) is 0 Å². The van der Waals surface area contributed by atoms with Crippen LogP contribution in [0.1, 0.15) is 109 Å². The molecule has 1 N–H and O–H groups in total. The van der Waals surface area contributed by atoms with E-state index in [-0.39, 0.29) is 94.0 Å². The van der Waals surface area contributed by atoms with Gasteiger partial charge in [-0.3, -0.25) is 28.8 Å². The predicted molar refractivity (Wildman–Crippen MR) is 499 cm³/mol. The summed E-state index contributed by atoms with van der Waals surface area (Å²) in [4.78, 5) is 96.9. The van der Waals surface area contributed by atoms with Crippen LogP contribution in [-0.4, -0.2) is 94.1 Å². The van der Waals surface area contributed by atoms with E-state index in [1.165, 1.54) is 158 Å². The number of carbonyl (C=O) groups excluding carboxylic acids is 3. The Bertz CT molecular complexity index is 7760. The number of aromatic amines is 1. The Morgan fingerprint density at radius 2 is 0.797 bits per heavy atom. The van der Waals surface area contributed by atoms with Gasteiger partial charge in [-0.25, -0.2) is 79.2 Å². The molecular formula is C96H74BF9IN9O12S5. The second kappa shape index (κ2) is 39.9. The molecule has 133 heavy (non-hydrogen) atoms. The Morgan fingerprint density at radius 1 is 0.421 bits per heavy atom. The Balaban J connectivity index is 0.000000139. The molecule has 0 radical (unpaired) electrons. The summed E-state index contributed by atoms with van der Waals surface area (Å²) in [7, 11) is -8.20. The maximum atomic E-state index is 14.2. The molecule has 0 bridgehead atoms. The van der Waals surface area contributed by atoms with Crippen molar-refractivity contribution in [2.45, 2.75) is 107 Å². The fourth-order valence-corrected chi connectivity index (χ4v) is 21.0. The number of nitrogens with zero attached hydrogens (tertiary/aromatic N) is 8. The van der Waals surface area contributed by atoms with E-state index in [1.54, 1.807) is 72.9 Å². The first-order chi connectivity index (χ1) is 63.5. The molecule has 0 saturated carbocycles. The molecule has 0 amide bonds. The van der Waals surface area contributed by atoms with E-state index in [0.717, 1.165) is 92.8 Å². The Kier molecular flexibility index (Phi) is 28.4. The van der Waals surface area contributed by atoms with E-state index in [1.807, 2.05) is 74.6 Å². The van der Waals surface area contributed by atoms with Crippen LogP contribution in [0.25, 0.3) is 54.0 Å². The molecule has 0 atom stereocenters. The van der Waals surface area contributed by atoms with Gasteiger partial charge in [-0.2, -0.15) is 0 Å². The Hall–Kier alpha value is -12.9. The summed E-state index contributed by atoms with van der Waals surface area (Å²) in [6, 6.07) is 50.5. The molecule has 1 aliphatic heterocycles. The summed E-state index contributed by atoms with van der Waals surface area (Å²) in [5, 5.41) is 1.48. The molecule has 1 aliphatic rings. The van der Waals surface area contributed by atoms with Crippen molar-refractivity contribution in [2.24, 2.45) is 0 Å². The zero-order chi connectivity index (χ0) is 94.5. The molecule has 12 aromatic heterocycles. The standard InChI is InChI=1S/C32H22F3N3O4S2.C26H18F3N3O2S.C25H26BF2NO4S.C13H8FIN2O2S/c33-21-16-25-26(19-38(31(25)36-17-21)44(41,42)23-5-2-1-3-6-23)30-13-10-22(43-30)9-12-29(39)24-7-4-14-37(32(24)40)18-20-8-11-27(34)28(35)15-20;27-16-11-19-20(13-31-25(19)30-12-16)24-8-5-17(35-24)4-7-23(33)18-2-1-9-32(26(18)34)14-15-3-6-21(28)22(29)10-15;1-24(2)25(3,4)33-26(32-24)22-12-9-17(34-22)8-11-21(30)18-6-5-13-29(23(18)31)15-16-7-10-19(27)20(28)14-16;14-9-6-11-12(15)8-17(13(11)16-7-9)20(18,19)10-4-2-1-3-5-10/h1-8,10-11,13-17,19H,9,12,18H2;1-3,5-6,8-13H,4,7,14H2,(H,30,31);5-7,9-10,12-14H,8,11,15H2,1-4H3;1-8H. The number of carbonyl (C=O) groups is 3. The number of halogens is 10. The van der Waals surface area contributed by atoms with Crippen molar-refractivity contribution in [1.29, 1.82) is 0 Å². The van der Waals surface area contributed by atoms with Gasteiger partial charge < -0.3 is 28.0 Å². The number of aryl methyl sites for hydroxylation is 3. The summed E-state index contributed by atoms with van der Waals surface area (Å²) in [5.41, 5.74) is 1.17. The fraction of sp³-hybridized carbons (Fsp3) is 0.156. The lowest BCUT2D eigenvalue weighted by Gasteiger charge is -2.32. The second-order valence-electron chi connectivity index (χ2n) is 31.6. The predicted octanol–water partition coefficient (Wildman–Crippen LogP) is 19.5. The molecule has 0 spiro atoms. The van der Waals surface area contributed by atoms with Gasteiger partial charge in [0.25, 0.3) is 36.7 Å². The van der Waals surface area contributed by atoms with Gasteiger partial charge >= 0.3 is 7.12 Å². The van der Waals surface area contributed by atoms with Gasteiger partial charge in [0.15, 0.2) is 63.5 Å². The van der Waals surface area contributed by atoms with Crippen molar-refractivity contribution in [3.05, 3.63) is 397 Å². The van der Waals surface area contributed by atoms with Crippen LogP contribution < -0.4 is 21.5 Å². The highest BCUT2D eigenvalue weighted by Gasteiger charge is 2.52. The number of hydrogen-bond acceptors (Lipinski definition) is 18. The van der Waals surface area contributed by atoms with Crippen molar-refractivity contribution in [3.8, 4) is 20.9 Å². The summed E-state index contributed by atoms with van der Waals surface area (Å²) >= 11 is 6.30. The molecule has 1 saturated heterocycles. The van der Waals surface area contributed by atoms with Crippen molar-refractivity contribution in [3.63, 3.8) is 0 Å². The molecule has 21 nitrogen and oxygen atoms in total. The highest BCUT2D eigenvalue weighted by molar-refractivity contribution is 14.1. The number of hydrogen-bond donors (Lipinski definition) is 1. The number of thiophene rings is 3. The van der Waals surface area contributed by atoms with E-state index >= 15 is 0 Å². The van der Waals surface area contributed by atoms with Crippen LogP contribution in [-0.2, 0) is 68.3 Å². The smallest absolute Gasteiger partial charge is 0.399 e. The highest BCUT2D eigenvalue weighted by atomic mass is 127. The molecule has 0 aliphatic carbocycles. The molecule has 0 unspecified atom stereocenters. The van der Waals surface area contributed by atoms with Gasteiger partial charge in [0, 0.05) is 116 Å². The normalized spacial score (nSPS) is 12.9. The van der Waals surface area contributed by atoms with Crippen LogP contribution in [0.15, 0.2) is 286 Å². The SMILES string of the molecule is CC1(C)OB(c2ccc(CCC(=O)c3cccn(Cc4ccc(F)c(F)c4)c3=O)s2)OC1(C)C.O=C(CCc1ccc(-c2c[nH]c3ncc(F)cc23)s1)c1cccn(Cc2ccc(F)c(F)c2)c1=O.O=C(CCc1ccc(-c2cn(S(=O)(=O)c3ccccc3)c3ncc(F)cc23)s1)c1cccn(Cc2ccc(F)c(F)c2)c1=O.O=S(=O)(c1ccccc1)n1cc(I)c2cc(F)cnc21. The summed E-state index contributed by atoms with van der Waals surface area (Å²) in [6.07, 6.45) is 13.8. The molecule has 13 heterocycles. The minimum atomic E-state index is -4.02. The number of nitrogens with one attached hydrogen (secondary N) is 1. The van der Waals surface area contributed by atoms with Crippen LogP contribution in [0.3, 0.4) is 0 Å². The number of H-pyrrole nitrogens is 1. The summed E-state index contributed by atoms with van der Waals surface area (Å²) in [5.74, 6) is -8.39. The van der Waals surface area contributed by atoms with Crippen molar-refractivity contribution < 1.29 is 80.0 Å². The highest BCUT2D eigenvalue weighted by Crippen LogP contribution is 2.40. The number of pyridine rings is 6. The lowest BCUT2D eigenvalue weighted by molar-refractivity contribution is 0.00578. The zero-order valence-corrected chi connectivity index (χ0v) is 76.8. The van der Waals surface area contributed by atoms with Crippen LogP contribution >= 0.6 is 56.6 Å². The maximum absolute atomic E-state index is 14.2. The van der Waals surface area contributed by atoms with E-state index in [4.69, 9.17) is 9.31 Å². The minimum Gasteiger partial charge on any atom is -0.399 e. The van der Waals surface area contributed by atoms with Gasteiger partial charge in [-0.1, -0.05) is 60.7 Å². The molecule has 678 valence electrons. The first kappa shape index (κ1) is 94.7. The zero-order valence-electron chi connectivity index (χ0n) is 70.6. The molecule has 37 heteroatoms. The van der Waals surface area contributed by atoms with Gasteiger partial charge in [-0.05, 0) is 232 Å². The molecule has 1 fully saturated rings. The number of rotatable bonds is 25. The number of Topliss-reactive ketones (excluding diaryl/α,β-unsaturated/α-hetero) is 3. The quantitative estimate of drug-likeness (QED) is 0.0241. The maximum Gasteiger partial charge on any atom is 0.505 e. The topological polar surface area (TPSA) is 268 Å². The summed E-state index contributed by atoms with van der Waals surface area (Å²) < 4.78 is 193.